The number of allylic oxidation sites excluding steroid dienone is 1. The van der Waals surface area contributed by atoms with Gasteiger partial charge in [-0.2, -0.15) is 0 Å². The molecule has 4 aliphatic carbocycles. The first-order chi connectivity index (χ1) is 24.0. The summed E-state index contributed by atoms with van der Waals surface area (Å²) in [6, 6.07) is 1.69. The van der Waals surface area contributed by atoms with E-state index in [1.165, 1.54) is 18.2 Å². The molecule has 3 fully saturated rings. The molecule has 9 rings (SSSR count). The average molecular weight is 714 g/mol. The maximum absolute atomic E-state index is 14.9. The molecule has 0 radical (unpaired) electrons. The van der Waals surface area contributed by atoms with Gasteiger partial charge in [-0.25, -0.2) is 0 Å². The summed E-state index contributed by atoms with van der Waals surface area (Å²) in [4.78, 5) is 26.7. The summed E-state index contributed by atoms with van der Waals surface area (Å²) in [5.41, 5.74) is 4.93. The van der Waals surface area contributed by atoms with Crippen LogP contribution in [-0.4, -0.2) is 65.9 Å². The van der Waals surface area contributed by atoms with Gasteiger partial charge in [0.2, 0.25) is 0 Å². The van der Waals surface area contributed by atoms with Crippen molar-refractivity contribution in [1.29, 1.82) is 0 Å². The first-order valence-corrected chi connectivity index (χ1v) is 19.4. The Bertz CT molecular complexity index is 2060. The van der Waals surface area contributed by atoms with Crippen molar-refractivity contribution in [1.82, 2.24) is 4.57 Å². The van der Waals surface area contributed by atoms with E-state index >= 15 is 0 Å². The van der Waals surface area contributed by atoms with Crippen molar-refractivity contribution < 1.29 is 39.5 Å². The minimum absolute atomic E-state index is 0.00783. The van der Waals surface area contributed by atoms with E-state index in [4.69, 9.17) is 9.47 Å². The van der Waals surface area contributed by atoms with E-state index in [0.29, 0.717) is 30.7 Å². The number of carboxylic acid groups (broad SMARTS) is 1. The lowest BCUT2D eigenvalue weighted by molar-refractivity contribution is -0.301. The molecule has 7 aliphatic rings. The number of aromatic nitrogens is 1. The number of Topliss-reactive ketones (excluding diaryl/α,β-unsaturated/α-hetero) is 1. The van der Waals surface area contributed by atoms with Gasteiger partial charge in [0.05, 0.1) is 46.5 Å². The average Bonchev–Trinajstić information content (AvgIpc) is 3.77. The molecule has 2 saturated carbocycles. The Balaban J connectivity index is 1.24. The Morgan fingerprint density at radius 1 is 1.08 bits per heavy atom. The first-order valence-electron chi connectivity index (χ1n) is 19.4. The Hall–Kier alpha value is -2.82. The summed E-state index contributed by atoms with van der Waals surface area (Å²) in [7, 11) is 0. The number of hydrogen-bond donors (Lipinski definition) is 4. The van der Waals surface area contributed by atoms with Crippen LogP contribution in [0.1, 0.15) is 139 Å². The number of hydrogen-bond acceptors (Lipinski definition) is 7. The molecule has 3 aliphatic heterocycles. The number of benzene rings is 1. The lowest BCUT2D eigenvalue weighted by Gasteiger charge is -2.65. The Kier molecular flexibility index (Phi) is 6.76. The number of aliphatic hydroxyl groups excluding tert-OH is 2. The zero-order valence-corrected chi connectivity index (χ0v) is 32.1. The van der Waals surface area contributed by atoms with E-state index in [1.807, 2.05) is 20.8 Å². The lowest BCUT2D eigenvalue weighted by atomic mass is 9.40. The number of aliphatic hydroxyl groups is 3. The van der Waals surface area contributed by atoms with Gasteiger partial charge in [-0.3, -0.25) is 9.59 Å². The monoisotopic (exact) mass is 713 g/mol. The largest absolute Gasteiger partial charge is 0.481 e. The molecule has 1 aromatic carbocycles. The van der Waals surface area contributed by atoms with E-state index in [9.17, 15) is 30.0 Å². The lowest BCUT2D eigenvalue weighted by Crippen LogP contribution is -2.65. The minimum Gasteiger partial charge on any atom is -0.481 e. The summed E-state index contributed by atoms with van der Waals surface area (Å²) in [5, 5.41) is 46.4. The van der Waals surface area contributed by atoms with Crippen molar-refractivity contribution in [3.05, 3.63) is 52.2 Å². The van der Waals surface area contributed by atoms with Crippen LogP contribution in [0.3, 0.4) is 0 Å². The van der Waals surface area contributed by atoms with Crippen LogP contribution in [0.4, 0.5) is 0 Å². The number of ketones is 1. The smallest absolute Gasteiger partial charge is 0.308 e. The van der Waals surface area contributed by atoms with Gasteiger partial charge in [0.25, 0.3) is 0 Å². The second-order valence-corrected chi connectivity index (χ2v) is 19.6. The topological polar surface area (TPSA) is 138 Å². The van der Waals surface area contributed by atoms with Gasteiger partial charge in [-0.1, -0.05) is 32.9 Å². The fourth-order valence-electron chi connectivity index (χ4n) is 13.8. The van der Waals surface area contributed by atoms with Gasteiger partial charge in [0, 0.05) is 39.8 Å². The third-order valence-corrected chi connectivity index (χ3v) is 16.1. The second-order valence-electron chi connectivity index (χ2n) is 19.6. The van der Waals surface area contributed by atoms with Crippen LogP contribution in [0.2, 0.25) is 0 Å². The van der Waals surface area contributed by atoms with Crippen LogP contribution in [0.5, 0.6) is 0 Å². The van der Waals surface area contributed by atoms with Crippen LogP contribution in [-0.2, 0) is 26.1 Å². The Morgan fingerprint density at radius 3 is 2.42 bits per heavy atom. The summed E-state index contributed by atoms with van der Waals surface area (Å²) in [5.74, 6) is -3.58. The summed E-state index contributed by atoms with van der Waals surface area (Å²) >= 11 is 0. The summed E-state index contributed by atoms with van der Waals surface area (Å²) in [6.07, 6.45) is 3.35. The molecule has 2 aromatic rings. The zero-order valence-electron chi connectivity index (χ0n) is 32.1. The number of carboxylic acids is 1. The molecule has 1 saturated heterocycles. The van der Waals surface area contributed by atoms with Crippen LogP contribution < -0.4 is 0 Å². The number of carbonyl (C=O) groups is 2. The molecule has 4 heterocycles. The summed E-state index contributed by atoms with van der Waals surface area (Å²) in [6.45, 7) is 22.8. The fraction of sp³-hybridized carbons (Fsp3) is 0.674. The van der Waals surface area contributed by atoms with Crippen LogP contribution in [0.25, 0.3) is 16.5 Å². The second kappa shape index (κ2) is 10.1. The standard InChI is InChI=1S/C43H55NO8/c1-19(2)31-35(47)29-28-22(25-17-38(4,5)52-39(6,7)30(25)34(28)46)16-23-24-15-21-11-12-27-40(8,42(21,10)36(24)44(31)32(23)29)13-14-43(50)41(27,9)18-26(51-43)33(45)20(3)37(48)49/h16-17,20-21,26-27,30-31,33-34,45-46,50H,1,11-15,18H2,2-10H3,(H,48,49)/t20-,21-,26-,27+,30+,31-,33+,34+,40-,41-,42+,43-/m0/s1. The van der Waals surface area contributed by atoms with Crippen molar-refractivity contribution in [3.8, 4) is 0 Å². The van der Waals surface area contributed by atoms with Crippen LogP contribution >= 0.6 is 0 Å². The molecule has 0 amide bonds. The SMILES string of the molecule is C=C(C)[C@H]1C(=O)c2c3c(cc4c5c(n1c24)[C@@]1(C)[C@@H](CC[C@@H]2[C@]1(C)CC[C@]1(O)O[C@H]([C@H](O)[C@H](C)C(=O)O)C[C@@]21C)C5)C1=CC(C)(C)OC(C)(C)[C@H]1[C@@H]3O. The van der Waals surface area contributed by atoms with Gasteiger partial charge in [-0.05, 0) is 120 Å². The molecule has 1 aromatic heterocycles. The fourth-order valence-corrected chi connectivity index (χ4v) is 13.8. The molecule has 9 heteroatoms. The van der Waals surface area contributed by atoms with Crippen LogP contribution in [0.15, 0.2) is 24.3 Å². The van der Waals surface area contributed by atoms with E-state index in [0.717, 1.165) is 52.4 Å². The van der Waals surface area contributed by atoms with Gasteiger partial charge >= 0.3 is 5.97 Å². The number of carbonyl (C=O) groups excluding carboxylic acids is 1. The molecular weight excluding hydrogens is 658 g/mol. The molecule has 0 bridgehead atoms. The predicted molar refractivity (Wildman–Crippen MR) is 196 cm³/mol. The first kappa shape index (κ1) is 34.9. The highest BCUT2D eigenvalue weighted by Crippen LogP contribution is 2.74. The van der Waals surface area contributed by atoms with Crippen molar-refractivity contribution in [2.75, 3.05) is 0 Å². The van der Waals surface area contributed by atoms with E-state index < -0.39 is 58.6 Å². The van der Waals surface area contributed by atoms with Crippen LogP contribution in [0, 0.1) is 34.5 Å². The predicted octanol–water partition coefficient (Wildman–Crippen LogP) is 6.79. The number of ether oxygens (including phenoxy) is 2. The molecule has 0 unspecified atom stereocenters. The van der Waals surface area contributed by atoms with Gasteiger partial charge in [0.1, 0.15) is 6.04 Å². The highest BCUT2D eigenvalue weighted by atomic mass is 16.6. The van der Waals surface area contributed by atoms with Gasteiger partial charge in [0.15, 0.2) is 11.6 Å². The summed E-state index contributed by atoms with van der Waals surface area (Å²) < 4.78 is 15.2. The van der Waals surface area contributed by atoms with E-state index in [2.05, 4.69) is 57.9 Å². The van der Waals surface area contributed by atoms with Gasteiger partial charge in [-0.15, -0.1) is 0 Å². The molecule has 4 N–H and O–H groups in total. The maximum Gasteiger partial charge on any atom is 0.308 e. The Labute approximate surface area is 306 Å². The molecule has 12 atom stereocenters. The minimum atomic E-state index is -1.48. The molecule has 52 heavy (non-hydrogen) atoms. The molecule has 9 nitrogen and oxygen atoms in total. The van der Waals surface area contributed by atoms with Gasteiger partial charge < -0.3 is 34.5 Å². The number of aliphatic carboxylic acids is 1. The Morgan fingerprint density at radius 2 is 1.77 bits per heavy atom. The molecule has 280 valence electrons. The normalized spacial score (nSPS) is 42.8. The van der Waals surface area contributed by atoms with E-state index in [1.54, 1.807) is 0 Å². The van der Waals surface area contributed by atoms with E-state index in [-0.39, 0.29) is 28.4 Å². The van der Waals surface area contributed by atoms with Crippen molar-refractivity contribution in [2.24, 2.45) is 34.5 Å². The number of rotatable bonds is 4. The zero-order chi connectivity index (χ0) is 37.6. The molecular formula is C43H55NO8. The maximum atomic E-state index is 14.9. The number of fused-ring (bicyclic) bond motifs is 13. The van der Waals surface area contributed by atoms with Crippen molar-refractivity contribution in [2.45, 2.75) is 148 Å². The number of nitrogens with zero attached hydrogens (tertiary/aromatic N) is 1. The quantitative estimate of drug-likeness (QED) is 0.254. The highest BCUT2D eigenvalue weighted by Gasteiger charge is 2.74. The van der Waals surface area contributed by atoms with Crippen molar-refractivity contribution >= 4 is 28.2 Å². The third-order valence-electron chi connectivity index (χ3n) is 16.1. The highest BCUT2D eigenvalue weighted by molar-refractivity contribution is 6.18. The molecule has 0 spiro atoms. The third kappa shape index (κ3) is 3.83. The van der Waals surface area contributed by atoms with Crippen molar-refractivity contribution in [3.63, 3.8) is 0 Å².